The molecule has 2 aromatic carbocycles. The van der Waals surface area contributed by atoms with Crippen molar-refractivity contribution >= 4 is 33.5 Å². The minimum Gasteiger partial charge on any atom is -0.351 e. The fourth-order valence-corrected chi connectivity index (χ4v) is 4.49. The number of rotatable bonds is 4. The highest BCUT2D eigenvalue weighted by molar-refractivity contribution is 7.90. The molecule has 1 aliphatic rings. The van der Waals surface area contributed by atoms with Crippen molar-refractivity contribution in [3.63, 3.8) is 0 Å². The lowest BCUT2D eigenvalue weighted by Gasteiger charge is -2.33. The lowest BCUT2D eigenvalue weighted by Crippen LogP contribution is -2.44. The summed E-state index contributed by atoms with van der Waals surface area (Å²) in [5.41, 5.74) is 0.579. The number of fused-ring (bicyclic) bond motifs is 1. The van der Waals surface area contributed by atoms with Crippen LogP contribution in [0.2, 0.25) is 0 Å². The first kappa shape index (κ1) is 19.9. The van der Waals surface area contributed by atoms with E-state index in [1.807, 2.05) is 37.1 Å². The van der Waals surface area contributed by atoms with E-state index in [9.17, 15) is 8.42 Å². The molecule has 4 rings (SSSR count). The van der Waals surface area contributed by atoms with Gasteiger partial charge in [-0.15, -0.1) is 5.10 Å². The number of hydrogen-bond acceptors (Lipinski definition) is 6. The molecule has 1 aromatic heterocycles. The number of piperazine rings is 1. The molecule has 1 aliphatic heterocycles. The molecule has 7 nitrogen and oxygen atoms in total. The lowest BCUT2D eigenvalue weighted by atomic mass is 10.2. The summed E-state index contributed by atoms with van der Waals surface area (Å²) in [5, 5.41) is 11.2. The summed E-state index contributed by atoms with van der Waals surface area (Å²) >= 11 is 0. The number of para-hydroxylation sites is 1. The zero-order chi connectivity index (χ0) is 20.1. The van der Waals surface area contributed by atoms with Crippen molar-refractivity contribution < 1.29 is 8.42 Å². The maximum atomic E-state index is 13.1. The molecule has 1 saturated heterocycles. The van der Waals surface area contributed by atoms with Gasteiger partial charge in [0.1, 0.15) is 0 Å². The summed E-state index contributed by atoms with van der Waals surface area (Å²) in [7, 11) is -3.76. The second-order valence-electron chi connectivity index (χ2n) is 6.08. The molecule has 3 aromatic rings. The minimum atomic E-state index is -3.76. The third-order valence-corrected chi connectivity index (χ3v) is 6.16. The van der Waals surface area contributed by atoms with Crippen LogP contribution in [-0.4, -0.2) is 55.5 Å². The molecule has 8 heteroatoms. The molecule has 0 atom stereocenters. The Hall–Kier alpha value is -2.87. The van der Waals surface area contributed by atoms with Crippen LogP contribution in [0, 0.1) is 0 Å². The summed E-state index contributed by atoms with van der Waals surface area (Å²) in [6.07, 6.45) is 0. The Morgan fingerprint density at radius 2 is 1.54 bits per heavy atom. The van der Waals surface area contributed by atoms with Crippen LogP contribution in [0.25, 0.3) is 10.9 Å². The van der Waals surface area contributed by atoms with Gasteiger partial charge < -0.3 is 4.90 Å². The maximum absolute atomic E-state index is 13.1. The normalized spacial score (nSPS) is 14.5. The number of anilines is 1. The van der Waals surface area contributed by atoms with Gasteiger partial charge in [-0.3, -0.25) is 5.01 Å². The highest BCUT2D eigenvalue weighted by Gasteiger charge is 2.26. The maximum Gasteiger partial charge on any atom is 0.283 e. The Balaban J connectivity index is 0.00000109. The van der Waals surface area contributed by atoms with Crippen molar-refractivity contribution in [2.45, 2.75) is 18.7 Å². The molecule has 2 heterocycles. The first-order valence-corrected chi connectivity index (χ1v) is 10.8. The molecule has 1 fully saturated rings. The number of nitrogens with zero attached hydrogens (tertiary/aromatic N) is 5. The highest BCUT2D eigenvalue weighted by atomic mass is 32.2. The van der Waals surface area contributed by atoms with Crippen molar-refractivity contribution in [3.8, 4) is 0 Å². The van der Waals surface area contributed by atoms with Gasteiger partial charge in [0, 0.05) is 25.2 Å². The molecule has 0 aliphatic carbocycles. The first-order chi connectivity index (χ1) is 13.6. The number of aromatic nitrogens is 2. The summed E-state index contributed by atoms with van der Waals surface area (Å²) < 4.78 is 27.3. The molecular formula is C20H25N5O2S. The van der Waals surface area contributed by atoms with Gasteiger partial charge in [-0.05, 0) is 24.3 Å². The van der Waals surface area contributed by atoms with E-state index >= 15 is 0 Å². The van der Waals surface area contributed by atoms with E-state index in [0.29, 0.717) is 24.4 Å². The van der Waals surface area contributed by atoms with Gasteiger partial charge in [-0.1, -0.05) is 44.2 Å². The van der Waals surface area contributed by atoms with Crippen molar-refractivity contribution in [1.82, 2.24) is 14.2 Å². The van der Waals surface area contributed by atoms with E-state index in [2.05, 4.69) is 21.8 Å². The van der Waals surface area contributed by atoms with E-state index in [1.165, 1.54) is 0 Å². The Morgan fingerprint density at radius 1 is 0.929 bits per heavy atom. The van der Waals surface area contributed by atoms with Gasteiger partial charge in [0.25, 0.3) is 10.0 Å². The first-order valence-electron chi connectivity index (χ1n) is 9.36. The molecule has 0 N–H and O–H groups in total. The van der Waals surface area contributed by atoms with Crippen LogP contribution >= 0.6 is 0 Å². The van der Waals surface area contributed by atoms with Crippen LogP contribution in [0.4, 0.5) is 5.82 Å². The van der Waals surface area contributed by atoms with Crippen molar-refractivity contribution in [2.75, 3.05) is 31.1 Å². The zero-order valence-corrected chi connectivity index (χ0v) is 17.0. The average Bonchev–Trinajstić information content (AvgIpc) is 3.16. The number of hydrogen-bond donors (Lipinski definition) is 0. The molecular weight excluding hydrogens is 374 g/mol. The fourth-order valence-electron chi connectivity index (χ4n) is 3.18. The Labute approximate surface area is 165 Å². The van der Waals surface area contributed by atoms with Gasteiger partial charge in [0.15, 0.2) is 5.82 Å². The SMILES string of the molecule is C=NN1CCN(c2nn(S(=O)(=O)c3ccccc3)c3ccccc23)CC1.CC. The largest absolute Gasteiger partial charge is 0.351 e. The van der Waals surface area contributed by atoms with Crippen LogP contribution in [0.5, 0.6) is 0 Å². The smallest absolute Gasteiger partial charge is 0.283 e. The van der Waals surface area contributed by atoms with Gasteiger partial charge in [-0.2, -0.15) is 17.6 Å². The molecule has 148 valence electrons. The Morgan fingerprint density at radius 3 is 2.18 bits per heavy atom. The second-order valence-corrected chi connectivity index (χ2v) is 7.85. The monoisotopic (exact) mass is 399 g/mol. The van der Waals surface area contributed by atoms with E-state index in [-0.39, 0.29) is 4.90 Å². The molecule has 0 spiro atoms. The fraction of sp³-hybridized carbons (Fsp3) is 0.300. The lowest BCUT2D eigenvalue weighted by molar-refractivity contribution is 0.272. The van der Waals surface area contributed by atoms with Crippen LogP contribution in [0.3, 0.4) is 0 Å². The molecule has 0 bridgehead atoms. The van der Waals surface area contributed by atoms with E-state index in [1.54, 1.807) is 36.4 Å². The topological polar surface area (TPSA) is 70.8 Å². The zero-order valence-electron chi connectivity index (χ0n) is 16.2. The number of benzene rings is 2. The van der Waals surface area contributed by atoms with Crippen LogP contribution in [0.1, 0.15) is 13.8 Å². The van der Waals surface area contributed by atoms with Crippen molar-refractivity contribution in [3.05, 3.63) is 54.6 Å². The quantitative estimate of drug-likeness (QED) is 0.631. The average molecular weight is 400 g/mol. The van der Waals surface area contributed by atoms with E-state index < -0.39 is 10.0 Å². The third kappa shape index (κ3) is 3.60. The minimum absolute atomic E-state index is 0.223. The summed E-state index contributed by atoms with van der Waals surface area (Å²) in [4.78, 5) is 2.32. The predicted octanol–water partition coefficient (Wildman–Crippen LogP) is 3.04. The van der Waals surface area contributed by atoms with Crippen LogP contribution < -0.4 is 4.90 Å². The highest BCUT2D eigenvalue weighted by Crippen LogP contribution is 2.29. The standard InChI is InChI=1S/C18H19N5O2S.C2H6/c1-19-22-13-11-21(12-14-22)18-16-9-5-6-10-17(16)23(20-18)26(24,25)15-7-3-2-4-8-15;1-2/h2-10H,1,11-14H2;1-2H3. The predicted molar refractivity (Wildman–Crippen MR) is 113 cm³/mol. The molecule has 0 unspecified atom stereocenters. The third-order valence-electron chi connectivity index (χ3n) is 4.56. The van der Waals surface area contributed by atoms with Gasteiger partial charge in [0.2, 0.25) is 0 Å². The second kappa shape index (κ2) is 8.43. The van der Waals surface area contributed by atoms with E-state index in [0.717, 1.165) is 22.6 Å². The molecule has 0 radical (unpaired) electrons. The van der Waals surface area contributed by atoms with Gasteiger partial charge in [0.05, 0.1) is 23.5 Å². The van der Waals surface area contributed by atoms with Crippen molar-refractivity contribution in [2.24, 2.45) is 5.10 Å². The molecule has 0 amide bonds. The number of hydrazone groups is 1. The van der Waals surface area contributed by atoms with Gasteiger partial charge in [-0.25, -0.2) is 0 Å². The van der Waals surface area contributed by atoms with Gasteiger partial charge >= 0.3 is 0 Å². The summed E-state index contributed by atoms with van der Waals surface area (Å²) in [6.45, 7) is 10.5. The Bertz CT molecular complexity index is 1040. The summed E-state index contributed by atoms with van der Waals surface area (Å²) in [5.74, 6) is 0.684. The molecule has 28 heavy (non-hydrogen) atoms. The van der Waals surface area contributed by atoms with Crippen LogP contribution in [0.15, 0.2) is 64.6 Å². The summed E-state index contributed by atoms with van der Waals surface area (Å²) in [6, 6.07) is 15.8. The Kier molecular flexibility index (Phi) is 5.99. The van der Waals surface area contributed by atoms with E-state index in [4.69, 9.17) is 0 Å². The molecule has 0 saturated carbocycles. The van der Waals surface area contributed by atoms with Crippen molar-refractivity contribution in [1.29, 1.82) is 0 Å². The van der Waals surface area contributed by atoms with Crippen LogP contribution in [-0.2, 0) is 10.0 Å².